The molecule has 11 heteroatoms. The van der Waals surface area contributed by atoms with Crippen LogP contribution >= 0.6 is 0 Å². The first-order valence-corrected chi connectivity index (χ1v) is 12.2. The molecule has 2 aromatic rings. The Bertz CT molecular complexity index is 1190. The molecule has 0 spiro atoms. The van der Waals surface area contributed by atoms with Gasteiger partial charge in [0.1, 0.15) is 11.9 Å². The molecule has 7 nitrogen and oxygen atoms in total. The molecule has 1 fully saturated rings. The van der Waals surface area contributed by atoms with Crippen LogP contribution in [-0.4, -0.2) is 49.5 Å². The van der Waals surface area contributed by atoms with Gasteiger partial charge in [-0.15, -0.1) is 0 Å². The highest BCUT2D eigenvalue weighted by atomic mass is 32.2. The fourth-order valence-electron chi connectivity index (χ4n) is 4.70. The molecule has 172 valence electrons. The zero-order chi connectivity index (χ0) is 22.8. The molecule has 2 N–H and O–H groups in total. The van der Waals surface area contributed by atoms with E-state index in [0.29, 0.717) is 16.8 Å². The van der Waals surface area contributed by atoms with E-state index >= 15 is 0 Å². The van der Waals surface area contributed by atoms with Crippen LogP contribution in [0.1, 0.15) is 41.6 Å². The number of alkyl halides is 3. The van der Waals surface area contributed by atoms with Crippen LogP contribution < -0.4 is 10.0 Å². The van der Waals surface area contributed by atoms with Gasteiger partial charge in [-0.3, -0.25) is 0 Å². The van der Waals surface area contributed by atoms with E-state index in [4.69, 9.17) is 9.88 Å². The second kappa shape index (κ2) is 7.39. The predicted molar refractivity (Wildman–Crippen MR) is 112 cm³/mol. The third kappa shape index (κ3) is 3.65. The summed E-state index contributed by atoms with van der Waals surface area (Å²) in [5.74, 6) is -3.61. The molecule has 0 unspecified atom stereocenters. The second-order valence-corrected chi connectivity index (χ2v) is 10.4. The topological polar surface area (TPSA) is 98.4 Å². The van der Waals surface area contributed by atoms with E-state index in [9.17, 15) is 21.6 Å². The predicted octanol–water partition coefficient (Wildman–Crippen LogP) is 2.63. The third-order valence-electron chi connectivity index (χ3n) is 6.54. The number of ether oxygens (including phenoxy) is 1. The van der Waals surface area contributed by atoms with Gasteiger partial charge in [0, 0.05) is 23.5 Å². The van der Waals surface area contributed by atoms with Crippen molar-refractivity contribution in [1.82, 2.24) is 9.97 Å². The van der Waals surface area contributed by atoms with E-state index in [2.05, 4.69) is 9.97 Å². The molecule has 0 amide bonds. The van der Waals surface area contributed by atoms with Crippen molar-refractivity contribution < 1.29 is 26.3 Å². The van der Waals surface area contributed by atoms with Gasteiger partial charge in [-0.25, -0.2) is 27.9 Å². The highest BCUT2D eigenvalue weighted by molar-refractivity contribution is 7.89. The minimum Gasteiger partial charge on any atom is -0.376 e. The van der Waals surface area contributed by atoms with Crippen molar-refractivity contribution in [2.45, 2.75) is 50.4 Å². The smallest absolute Gasteiger partial charge is 0.290 e. The lowest BCUT2D eigenvalue weighted by atomic mass is 9.91. The first kappa shape index (κ1) is 21.6. The number of hydrogen-bond donors (Lipinski definition) is 1. The van der Waals surface area contributed by atoms with Crippen molar-refractivity contribution in [1.29, 1.82) is 0 Å². The average Bonchev–Trinajstić information content (AvgIpc) is 3.04. The molecule has 2 aliphatic heterocycles. The molecule has 0 radical (unpaired) electrons. The number of nitrogens with zero attached hydrogens (tertiary/aromatic N) is 3. The third-order valence-corrected chi connectivity index (χ3v) is 7.41. The Hall–Kier alpha value is -2.24. The Morgan fingerprint density at radius 2 is 2.09 bits per heavy atom. The monoisotopic (exact) mass is 468 g/mol. The van der Waals surface area contributed by atoms with Crippen molar-refractivity contribution >= 4 is 16.0 Å². The first-order chi connectivity index (χ1) is 15.0. The van der Waals surface area contributed by atoms with Gasteiger partial charge in [-0.2, -0.15) is 8.78 Å². The molecule has 0 saturated carbocycles. The summed E-state index contributed by atoms with van der Waals surface area (Å²) in [6, 6.07) is 4.85. The van der Waals surface area contributed by atoms with Gasteiger partial charge in [-0.05, 0) is 30.5 Å². The number of halogens is 3. The summed E-state index contributed by atoms with van der Waals surface area (Å²) in [4.78, 5) is 10.3. The number of aromatic nitrogens is 2. The Morgan fingerprint density at radius 3 is 2.78 bits per heavy atom. The molecule has 3 heterocycles. The number of anilines is 1. The molecule has 3 aliphatic rings. The normalized spacial score (nSPS) is 26.4. The highest BCUT2D eigenvalue weighted by Gasteiger charge is 2.45. The number of benzene rings is 1. The van der Waals surface area contributed by atoms with Crippen molar-refractivity contribution in [2.75, 3.05) is 23.8 Å². The standard InChI is InChI=1S/C21H23F3N4O3S/c1-11-17(22)7-28(11)20-26-18(16-4-5-21(23,24)19(16)27-20)12-2-3-15-13(6-12)8-31-9-14(15)10-32(25,29)30/h2-3,6,11,14,17H,4-5,7-10H2,1H3,(H2,25,29,30)/t11-,14+,17+/m0/s1. The maximum Gasteiger partial charge on any atom is 0.290 e. The second-order valence-electron chi connectivity index (χ2n) is 8.77. The van der Waals surface area contributed by atoms with Crippen LogP contribution in [0.4, 0.5) is 19.1 Å². The molecule has 5 rings (SSSR count). The van der Waals surface area contributed by atoms with Crippen LogP contribution in [0, 0.1) is 0 Å². The molecule has 1 saturated heterocycles. The quantitative estimate of drug-likeness (QED) is 0.741. The first-order valence-electron chi connectivity index (χ1n) is 10.4. The average molecular weight is 469 g/mol. The molecular weight excluding hydrogens is 445 g/mol. The van der Waals surface area contributed by atoms with E-state index in [-0.39, 0.29) is 50.0 Å². The SMILES string of the molecule is C[C@H]1[C@H](F)CN1c1nc(-c2ccc3c(c2)COC[C@@H]3CS(N)(=O)=O)c2c(n1)C(F)(F)CC2. The van der Waals surface area contributed by atoms with Gasteiger partial charge in [0.25, 0.3) is 5.92 Å². The van der Waals surface area contributed by atoms with Crippen LogP contribution in [0.3, 0.4) is 0 Å². The fraction of sp³-hybridized carbons (Fsp3) is 0.524. The van der Waals surface area contributed by atoms with E-state index in [1.54, 1.807) is 30.0 Å². The summed E-state index contributed by atoms with van der Waals surface area (Å²) < 4.78 is 71.6. The molecule has 32 heavy (non-hydrogen) atoms. The van der Waals surface area contributed by atoms with Crippen LogP contribution in [0.15, 0.2) is 18.2 Å². The zero-order valence-electron chi connectivity index (χ0n) is 17.4. The number of rotatable bonds is 4. The van der Waals surface area contributed by atoms with E-state index in [1.165, 1.54) is 0 Å². The van der Waals surface area contributed by atoms with Crippen molar-refractivity contribution in [3.05, 3.63) is 40.6 Å². The van der Waals surface area contributed by atoms with E-state index < -0.39 is 34.1 Å². The number of fused-ring (bicyclic) bond motifs is 2. The van der Waals surface area contributed by atoms with Gasteiger partial charge in [0.05, 0.1) is 37.2 Å². The van der Waals surface area contributed by atoms with Crippen molar-refractivity contribution in [3.63, 3.8) is 0 Å². The zero-order valence-corrected chi connectivity index (χ0v) is 18.2. The maximum absolute atomic E-state index is 14.6. The summed E-state index contributed by atoms with van der Waals surface area (Å²) in [6.45, 7) is 2.25. The number of sulfonamides is 1. The van der Waals surface area contributed by atoms with E-state index in [1.807, 2.05) is 0 Å². The van der Waals surface area contributed by atoms with Crippen LogP contribution in [0.2, 0.25) is 0 Å². The minimum absolute atomic E-state index is 0.0677. The largest absolute Gasteiger partial charge is 0.376 e. The lowest BCUT2D eigenvalue weighted by Crippen LogP contribution is -2.57. The Kier molecular flexibility index (Phi) is 4.99. The lowest BCUT2D eigenvalue weighted by molar-refractivity contribution is -0.00598. The lowest BCUT2D eigenvalue weighted by Gasteiger charge is -2.42. The Balaban J connectivity index is 1.59. The van der Waals surface area contributed by atoms with Crippen molar-refractivity contribution in [2.24, 2.45) is 5.14 Å². The van der Waals surface area contributed by atoms with Gasteiger partial charge in [0.15, 0.2) is 0 Å². The summed E-state index contributed by atoms with van der Waals surface area (Å²) in [5.41, 5.74) is 2.68. The summed E-state index contributed by atoms with van der Waals surface area (Å²) in [6.07, 6.45) is -1.26. The van der Waals surface area contributed by atoms with Gasteiger partial charge in [-0.1, -0.05) is 12.1 Å². The summed E-state index contributed by atoms with van der Waals surface area (Å²) >= 11 is 0. The van der Waals surface area contributed by atoms with Crippen LogP contribution in [0.25, 0.3) is 11.3 Å². The van der Waals surface area contributed by atoms with Crippen molar-refractivity contribution in [3.8, 4) is 11.3 Å². The van der Waals surface area contributed by atoms with Gasteiger partial charge >= 0.3 is 0 Å². The molecule has 3 atom stereocenters. The Morgan fingerprint density at radius 1 is 1.31 bits per heavy atom. The van der Waals surface area contributed by atoms with Gasteiger partial charge < -0.3 is 9.64 Å². The summed E-state index contributed by atoms with van der Waals surface area (Å²) in [5, 5.41) is 5.21. The number of primary sulfonamides is 1. The van der Waals surface area contributed by atoms with Crippen LogP contribution in [0.5, 0.6) is 0 Å². The molecule has 1 aromatic heterocycles. The molecule has 0 bridgehead atoms. The number of nitrogens with two attached hydrogens (primary N) is 1. The minimum atomic E-state index is -3.69. The molecule has 1 aromatic carbocycles. The fourth-order valence-corrected chi connectivity index (χ4v) is 5.54. The van der Waals surface area contributed by atoms with Crippen LogP contribution in [-0.2, 0) is 33.7 Å². The highest BCUT2D eigenvalue weighted by Crippen LogP contribution is 2.45. The summed E-state index contributed by atoms with van der Waals surface area (Å²) in [7, 11) is -3.69. The molecule has 1 aliphatic carbocycles. The Labute approximate surface area is 183 Å². The number of hydrogen-bond acceptors (Lipinski definition) is 6. The van der Waals surface area contributed by atoms with E-state index in [0.717, 1.165) is 11.1 Å². The van der Waals surface area contributed by atoms with Gasteiger partial charge in [0.2, 0.25) is 16.0 Å². The molecular formula is C21H23F3N4O3S. The maximum atomic E-state index is 14.6.